The van der Waals surface area contributed by atoms with Crippen LogP contribution >= 0.6 is 59.1 Å². The second kappa shape index (κ2) is 7.20. The zero-order chi connectivity index (χ0) is 14.7. The first-order valence-electron chi connectivity index (χ1n) is 5.75. The Hall–Kier alpha value is -0.170. The Kier molecular flexibility index (Phi) is 5.84. The summed E-state index contributed by atoms with van der Waals surface area (Å²) in [5.41, 5.74) is 1.15. The van der Waals surface area contributed by atoms with E-state index in [1.54, 1.807) is 11.3 Å². The van der Waals surface area contributed by atoms with E-state index in [2.05, 4.69) is 59.9 Å². The molecule has 6 heteroatoms. The van der Waals surface area contributed by atoms with E-state index in [0.717, 1.165) is 19.8 Å². The lowest BCUT2D eigenvalue weighted by molar-refractivity contribution is -0.139. The van der Waals surface area contributed by atoms with E-state index < -0.39 is 4.83 Å². The number of ether oxygens (including phenoxy) is 1. The van der Waals surface area contributed by atoms with E-state index in [-0.39, 0.29) is 10.8 Å². The Labute approximate surface area is 146 Å². The summed E-state index contributed by atoms with van der Waals surface area (Å²) >= 11 is 12.1. The summed E-state index contributed by atoms with van der Waals surface area (Å²) in [6.45, 7) is 0. The van der Waals surface area contributed by atoms with E-state index in [1.807, 2.05) is 24.3 Å². The molecule has 0 aliphatic rings. The smallest absolute Gasteiger partial charge is 0.320 e. The van der Waals surface area contributed by atoms with Crippen molar-refractivity contribution in [3.8, 4) is 10.4 Å². The van der Waals surface area contributed by atoms with Crippen molar-refractivity contribution in [1.29, 1.82) is 0 Å². The Balaban J connectivity index is 2.30. The van der Waals surface area contributed by atoms with Crippen LogP contribution in [0.5, 0.6) is 0 Å². The summed E-state index contributed by atoms with van der Waals surface area (Å²) in [6, 6.07) is 12.2. The van der Waals surface area contributed by atoms with Crippen molar-refractivity contribution in [3.05, 3.63) is 45.7 Å². The summed E-state index contributed by atoms with van der Waals surface area (Å²) in [5.74, 6) is -0.294. The SMILES string of the molecule is COC(=O)[C@H](Br)[C@H](Br)c1cc(Br)c(-c2ccccc2)s1. The second-order valence-corrected chi connectivity index (χ2v) is 7.93. The van der Waals surface area contributed by atoms with Gasteiger partial charge in [-0.05, 0) is 27.6 Å². The average Bonchev–Trinajstić information content (AvgIpc) is 2.87. The van der Waals surface area contributed by atoms with Gasteiger partial charge in [-0.15, -0.1) is 11.3 Å². The van der Waals surface area contributed by atoms with Crippen LogP contribution in [-0.2, 0) is 9.53 Å². The minimum atomic E-state index is -0.415. The first-order chi connectivity index (χ1) is 9.54. The van der Waals surface area contributed by atoms with E-state index >= 15 is 0 Å². The number of carbonyl (C=O) groups excluding carboxylic acids is 1. The van der Waals surface area contributed by atoms with Gasteiger partial charge >= 0.3 is 5.97 Å². The highest BCUT2D eigenvalue weighted by atomic mass is 79.9. The Bertz CT molecular complexity index is 598. The largest absolute Gasteiger partial charge is 0.468 e. The molecule has 0 unspecified atom stereocenters. The van der Waals surface area contributed by atoms with Crippen molar-refractivity contribution in [2.75, 3.05) is 7.11 Å². The summed E-state index contributed by atoms with van der Waals surface area (Å²) in [5, 5.41) is 0. The minimum absolute atomic E-state index is 0.131. The topological polar surface area (TPSA) is 26.3 Å². The molecule has 2 nitrogen and oxygen atoms in total. The number of hydrogen-bond acceptors (Lipinski definition) is 3. The molecule has 0 saturated heterocycles. The predicted octanol–water partition coefficient (Wildman–Crippen LogP) is 5.55. The molecule has 0 N–H and O–H groups in total. The summed E-state index contributed by atoms with van der Waals surface area (Å²) in [4.78, 5) is 13.2. The molecule has 0 fully saturated rings. The number of alkyl halides is 2. The molecule has 2 aromatic rings. The molecule has 1 heterocycles. The summed E-state index contributed by atoms with van der Waals surface area (Å²) in [6.07, 6.45) is 0. The van der Waals surface area contributed by atoms with Gasteiger partial charge in [0.1, 0.15) is 4.83 Å². The van der Waals surface area contributed by atoms with Crippen LogP contribution in [0.25, 0.3) is 10.4 Å². The monoisotopic (exact) mass is 480 g/mol. The van der Waals surface area contributed by atoms with Gasteiger partial charge < -0.3 is 4.74 Å². The van der Waals surface area contributed by atoms with Crippen molar-refractivity contribution in [1.82, 2.24) is 0 Å². The van der Waals surface area contributed by atoms with Crippen LogP contribution in [0.3, 0.4) is 0 Å². The summed E-state index contributed by atoms with van der Waals surface area (Å²) in [7, 11) is 1.38. The zero-order valence-corrected chi connectivity index (χ0v) is 16.1. The van der Waals surface area contributed by atoms with Crippen LogP contribution in [0, 0.1) is 0 Å². The van der Waals surface area contributed by atoms with E-state index in [0.29, 0.717) is 0 Å². The van der Waals surface area contributed by atoms with Crippen molar-refractivity contribution >= 4 is 65.1 Å². The molecule has 2 atom stereocenters. The highest BCUT2D eigenvalue weighted by Gasteiger charge is 2.28. The van der Waals surface area contributed by atoms with Crippen molar-refractivity contribution < 1.29 is 9.53 Å². The molecule has 0 amide bonds. The lowest BCUT2D eigenvalue weighted by Gasteiger charge is -2.12. The highest BCUT2D eigenvalue weighted by molar-refractivity contribution is 9.12. The van der Waals surface area contributed by atoms with E-state index in [9.17, 15) is 4.79 Å². The Morgan fingerprint density at radius 3 is 2.50 bits per heavy atom. The van der Waals surface area contributed by atoms with Crippen molar-refractivity contribution in [2.45, 2.75) is 9.65 Å². The van der Waals surface area contributed by atoms with Gasteiger partial charge in [0.15, 0.2) is 0 Å². The number of benzene rings is 1. The van der Waals surface area contributed by atoms with Gasteiger partial charge in [-0.2, -0.15) is 0 Å². The normalized spacial score (nSPS) is 13.8. The highest BCUT2D eigenvalue weighted by Crippen LogP contribution is 2.43. The third kappa shape index (κ3) is 3.53. The molecule has 1 aromatic carbocycles. The molecule has 0 spiro atoms. The lowest BCUT2D eigenvalue weighted by Crippen LogP contribution is -2.19. The number of carbonyl (C=O) groups is 1. The van der Waals surface area contributed by atoms with Gasteiger partial charge in [0.2, 0.25) is 0 Å². The van der Waals surface area contributed by atoms with Gasteiger partial charge in [0.05, 0.1) is 11.9 Å². The van der Waals surface area contributed by atoms with Gasteiger partial charge in [0, 0.05) is 14.2 Å². The van der Waals surface area contributed by atoms with Gasteiger partial charge in [-0.1, -0.05) is 62.2 Å². The van der Waals surface area contributed by atoms with Crippen molar-refractivity contribution in [3.63, 3.8) is 0 Å². The van der Waals surface area contributed by atoms with Crippen LogP contribution < -0.4 is 0 Å². The Morgan fingerprint density at radius 1 is 1.25 bits per heavy atom. The predicted molar refractivity (Wildman–Crippen MR) is 93.9 cm³/mol. The van der Waals surface area contributed by atoms with Crippen LogP contribution in [0.15, 0.2) is 40.9 Å². The molecule has 0 radical (unpaired) electrons. The first-order valence-corrected chi connectivity index (χ1v) is 9.19. The number of thiophene rings is 1. The third-order valence-corrected chi connectivity index (χ3v) is 7.79. The van der Waals surface area contributed by atoms with Gasteiger partial charge in [-0.3, -0.25) is 4.79 Å². The maximum absolute atomic E-state index is 11.6. The number of rotatable bonds is 4. The fraction of sp³-hybridized carbons (Fsp3) is 0.214. The number of halogens is 3. The maximum atomic E-state index is 11.6. The molecule has 20 heavy (non-hydrogen) atoms. The standard InChI is InChI=1S/C14H11Br3O2S/c1-19-14(18)12(17)11(16)10-7-9(15)13(20-10)8-5-3-2-4-6-8/h2-7,11-12H,1H3/t11-,12-/m1/s1. The maximum Gasteiger partial charge on any atom is 0.320 e. The molecular formula is C14H11Br3O2S. The van der Waals surface area contributed by atoms with Crippen LogP contribution in [0.2, 0.25) is 0 Å². The minimum Gasteiger partial charge on any atom is -0.468 e. The van der Waals surface area contributed by atoms with Gasteiger partial charge in [0.25, 0.3) is 0 Å². The fourth-order valence-electron chi connectivity index (χ4n) is 1.69. The molecule has 2 rings (SSSR count). The fourth-order valence-corrected chi connectivity index (χ4v) is 4.90. The van der Waals surface area contributed by atoms with E-state index in [4.69, 9.17) is 4.74 Å². The quantitative estimate of drug-likeness (QED) is 0.422. The average molecular weight is 483 g/mol. The first kappa shape index (κ1) is 16.2. The van der Waals surface area contributed by atoms with Crippen LogP contribution in [-0.4, -0.2) is 17.9 Å². The summed E-state index contributed by atoms with van der Waals surface area (Å²) < 4.78 is 5.78. The number of methoxy groups -OCH3 is 1. The number of esters is 1. The lowest BCUT2D eigenvalue weighted by atomic mass is 10.2. The van der Waals surface area contributed by atoms with Crippen LogP contribution in [0.1, 0.15) is 9.70 Å². The molecule has 0 bridgehead atoms. The third-order valence-electron chi connectivity index (χ3n) is 2.70. The molecule has 106 valence electrons. The number of hydrogen-bond donors (Lipinski definition) is 0. The molecule has 0 aliphatic carbocycles. The zero-order valence-electron chi connectivity index (χ0n) is 10.5. The molecule has 0 saturated carbocycles. The van der Waals surface area contributed by atoms with Crippen LogP contribution in [0.4, 0.5) is 0 Å². The second-order valence-electron chi connectivity index (χ2n) is 4.02. The molecule has 0 aliphatic heterocycles. The molecule has 1 aromatic heterocycles. The Morgan fingerprint density at radius 2 is 1.90 bits per heavy atom. The molecular weight excluding hydrogens is 472 g/mol. The van der Waals surface area contributed by atoms with Gasteiger partial charge in [-0.25, -0.2) is 0 Å². The van der Waals surface area contributed by atoms with Crippen molar-refractivity contribution in [2.24, 2.45) is 0 Å². The van der Waals surface area contributed by atoms with E-state index in [1.165, 1.54) is 7.11 Å².